The van der Waals surface area contributed by atoms with Gasteiger partial charge in [-0.2, -0.15) is 0 Å². The van der Waals surface area contributed by atoms with Crippen LogP contribution in [0.25, 0.3) is 0 Å². The number of benzene rings is 2. The minimum absolute atomic E-state index is 0.0252. The Balaban J connectivity index is 1.50. The number of rotatable bonds is 5. The lowest BCUT2D eigenvalue weighted by Crippen LogP contribution is -2.53. The third kappa shape index (κ3) is 3.71. The van der Waals surface area contributed by atoms with E-state index in [1.165, 1.54) is 31.1 Å². The smallest absolute Gasteiger partial charge is 0.411 e. The summed E-state index contributed by atoms with van der Waals surface area (Å²) in [6.07, 6.45) is -1.06. The monoisotopic (exact) mass is 438 g/mol. The number of hydrogen-bond acceptors (Lipinski definition) is 7. The van der Waals surface area contributed by atoms with E-state index in [-0.39, 0.29) is 30.7 Å². The molecule has 0 bridgehead atoms. The van der Waals surface area contributed by atoms with E-state index in [0.29, 0.717) is 5.06 Å². The number of methoxy groups -OCH3 is 1. The number of amides is 3. The summed E-state index contributed by atoms with van der Waals surface area (Å²) in [5.74, 6) is -2.40. The molecule has 0 aliphatic carbocycles. The van der Waals surface area contributed by atoms with E-state index in [1.54, 1.807) is 12.1 Å². The maximum atomic E-state index is 13.1. The molecule has 9 nitrogen and oxygen atoms in total. The second-order valence-electron chi connectivity index (χ2n) is 7.82. The van der Waals surface area contributed by atoms with Gasteiger partial charge in [-0.25, -0.2) is 9.59 Å². The van der Waals surface area contributed by atoms with Crippen molar-refractivity contribution in [3.05, 3.63) is 71.3 Å². The average Bonchev–Trinajstić information content (AvgIpc) is 3.29. The third-order valence-electron chi connectivity index (χ3n) is 5.74. The van der Waals surface area contributed by atoms with Crippen molar-refractivity contribution in [1.82, 2.24) is 9.96 Å². The normalized spacial score (nSPS) is 22.1. The highest BCUT2D eigenvalue weighted by Gasteiger charge is 2.54. The van der Waals surface area contributed by atoms with Crippen LogP contribution in [-0.2, 0) is 25.7 Å². The van der Waals surface area contributed by atoms with Crippen LogP contribution in [0.1, 0.15) is 39.6 Å². The van der Waals surface area contributed by atoms with Gasteiger partial charge in [0.25, 0.3) is 11.8 Å². The zero-order chi connectivity index (χ0) is 22.9. The number of fused-ring (bicyclic) bond motifs is 1. The van der Waals surface area contributed by atoms with E-state index in [0.717, 1.165) is 5.56 Å². The highest BCUT2D eigenvalue weighted by Crippen LogP contribution is 2.34. The Morgan fingerprint density at radius 2 is 1.59 bits per heavy atom. The molecule has 2 aliphatic rings. The molecule has 166 valence electrons. The molecule has 3 amide bonds. The first kappa shape index (κ1) is 21.5. The number of carbonyl (C=O) groups is 4. The fourth-order valence-corrected chi connectivity index (χ4v) is 3.88. The van der Waals surface area contributed by atoms with Crippen molar-refractivity contribution in [3.8, 4) is 0 Å². The van der Waals surface area contributed by atoms with Gasteiger partial charge in [0.1, 0.15) is 12.1 Å². The van der Waals surface area contributed by atoms with Gasteiger partial charge in [0.15, 0.2) is 0 Å². The zero-order valence-corrected chi connectivity index (χ0v) is 17.6. The van der Waals surface area contributed by atoms with Gasteiger partial charge in [0, 0.05) is 13.5 Å². The molecule has 1 saturated heterocycles. The van der Waals surface area contributed by atoms with E-state index in [2.05, 4.69) is 0 Å². The minimum Gasteiger partial charge on any atom is -0.445 e. The second-order valence-corrected chi connectivity index (χ2v) is 7.82. The molecule has 0 aromatic heterocycles. The first-order valence-electron chi connectivity index (χ1n) is 10.1. The van der Waals surface area contributed by atoms with Crippen molar-refractivity contribution in [2.24, 2.45) is 0 Å². The summed E-state index contributed by atoms with van der Waals surface area (Å²) >= 11 is 0. The molecule has 0 radical (unpaired) electrons. The first-order valence-corrected chi connectivity index (χ1v) is 10.1. The van der Waals surface area contributed by atoms with Crippen molar-refractivity contribution >= 4 is 23.9 Å². The SMILES string of the molecule is COC1CN(C(=O)OCc2ccccc2)C(C)(C(=O)ON2C(=O)c3ccccc3C2=O)C1. The van der Waals surface area contributed by atoms with Gasteiger partial charge >= 0.3 is 12.1 Å². The van der Waals surface area contributed by atoms with Crippen LogP contribution in [0, 0.1) is 0 Å². The molecule has 4 rings (SSSR count). The number of imide groups is 1. The molecule has 32 heavy (non-hydrogen) atoms. The Labute approximate surface area is 184 Å². The van der Waals surface area contributed by atoms with Crippen LogP contribution >= 0.6 is 0 Å². The zero-order valence-electron chi connectivity index (χ0n) is 17.6. The maximum absolute atomic E-state index is 13.1. The van der Waals surface area contributed by atoms with Crippen LogP contribution in [-0.4, -0.2) is 59.1 Å². The predicted molar refractivity (Wildman–Crippen MR) is 110 cm³/mol. The molecular formula is C23H22N2O7. The summed E-state index contributed by atoms with van der Waals surface area (Å²) < 4.78 is 10.7. The Morgan fingerprint density at radius 1 is 1.00 bits per heavy atom. The molecule has 0 spiro atoms. The standard InChI is InChI=1S/C23H22N2O7/c1-23(21(28)32-25-19(26)17-10-6-7-11-18(17)20(25)27)12-16(30-2)13-24(23)22(29)31-14-15-8-4-3-5-9-15/h3-11,16H,12-14H2,1-2H3. The Bertz CT molecular complexity index is 1040. The van der Waals surface area contributed by atoms with Gasteiger partial charge < -0.3 is 14.3 Å². The van der Waals surface area contributed by atoms with Crippen molar-refractivity contribution in [2.75, 3.05) is 13.7 Å². The molecule has 2 aliphatic heterocycles. The van der Waals surface area contributed by atoms with Crippen LogP contribution in [0.15, 0.2) is 54.6 Å². The van der Waals surface area contributed by atoms with E-state index in [4.69, 9.17) is 14.3 Å². The molecule has 2 atom stereocenters. The Hall–Kier alpha value is -3.72. The summed E-state index contributed by atoms with van der Waals surface area (Å²) in [6, 6.07) is 15.3. The number of ether oxygens (including phenoxy) is 2. The van der Waals surface area contributed by atoms with Crippen LogP contribution in [0.2, 0.25) is 0 Å². The number of likely N-dealkylation sites (tertiary alicyclic amines) is 1. The van der Waals surface area contributed by atoms with Crippen LogP contribution in [0.4, 0.5) is 4.79 Å². The molecule has 0 N–H and O–H groups in total. The molecule has 0 saturated carbocycles. The highest BCUT2D eigenvalue weighted by molar-refractivity contribution is 6.21. The second kappa shape index (κ2) is 8.43. The number of hydrogen-bond donors (Lipinski definition) is 0. The quantitative estimate of drug-likeness (QED) is 0.661. The lowest BCUT2D eigenvalue weighted by Gasteiger charge is -2.32. The number of nitrogens with zero attached hydrogens (tertiary/aromatic N) is 2. The van der Waals surface area contributed by atoms with E-state index in [1.807, 2.05) is 30.3 Å². The summed E-state index contributed by atoms with van der Waals surface area (Å²) in [6.45, 7) is 1.62. The molecular weight excluding hydrogens is 416 g/mol. The predicted octanol–water partition coefficient (Wildman–Crippen LogP) is 2.56. The van der Waals surface area contributed by atoms with E-state index < -0.39 is 35.5 Å². The molecule has 2 unspecified atom stereocenters. The molecule has 2 aromatic rings. The highest BCUT2D eigenvalue weighted by atomic mass is 16.7. The molecule has 2 heterocycles. The first-order chi connectivity index (χ1) is 15.3. The maximum Gasteiger partial charge on any atom is 0.411 e. The van der Waals surface area contributed by atoms with Crippen LogP contribution < -0.4 is 0 Å². The lowest BCUT2D eigenvalue weighted by atomic mass is 9.98. The van der Waals surface area contributed by atoms with E-state index >= 15 is 0 Å². The van der Waals surface area contributed by atoms with Crippen molar-refractivity contribution in [3.63, 3.8) is 0 Å². The van der Waals surface area contributed by atoms with E-state index in [9.17, 15) is 19.2 Å². The summed E-state index contributed by atoms with van der Waals surface area (Å²) in [5, 5.41) is 0.436. The fourth-order valence-electron chi connectivity index (χ4n) is 3.88. The van der Waals surface area contributed by atoms with Crippen molar-refractivity contribution in [2.45, 2.75) is 31.6 Å². The van der Waals surface area contributed by atoms with Gasteiger partial charge in [-0.1, -0.05) is 47.5 Å². The fraction of sp³-hybridized carbons (Fsp3) is 0.304. The van der Waals surface area contributed by atoms with Gasteiger partial charge in [0.05, 0.1) is 23.8 Å². The average molecular weight is 438 g/mol. The largest absolute Gasteiger partial charge is 0.445 e. The molecule has 2 aromatic carbocycles. The Morgan fingerprint density at radius 3 is 2.19 bits per heavy atom. The summed E-state index contributed by atoms with van der Waals surface area (Å²) in [4.78, 5) is 57.5. The summed E-state index contributed by atoms with van der Waals surface area (Å²) in [7, 11) is 1.47. The number of hydroxylamine groups is 2. The third-order valence-corrected chi connectivity index (χ3v) is 5.74. The van der Waals surface area contributed by atoms with Gasteiger partial charge in [-0.3, -0.25) is 14.5 Å². The lowest BCUT2D eigenvalue weighted by molar-refractivity contribution is -0.180. The summed E-state index contributed by atoms with van der Waals surface area (Å²) in [5.41, 5.74) is -0.408. The molecule has 1 fully saturated rings. The molecule has 9 heteroatoms. The van der Waals surface area contributed by atoms with Gasteiger partial charge in [-0.05, 0) is 24.6 Å². The van der Waals surface area contributed by atoms with Crippen molar-refractivity contribution in [1.29, 1.82) is 0 Å². The number of carbonyl (C=O) groups excluding carboxylic acids is 4. The van der Waals surface area contributed by atoms with Crippen LogP contribution in [0.3, 0.4) is 0 Å². The van der Waals surface area contributed by atoms with Crippen molar-refractivity contribution < 1.29 is 33.5 Å². The van der Waals surface area contributed by atoms with Gasteiger partial charge in [0.2, 0.25) is 0 Å². The van der Waals surface area contributed by atoms with Gasteiger partial charge in [-0.15, -0.1) is 0 Å². The Kier molecular flexibility index (Phi) is 5.67. The minimum atomic E-state index is -1.50. The topological polar surface area (TPSA) is 102 Å². The van der Waals surface area contributed by atoms with Crippen LogP contribution in [0.5, 0.6) is 0 Å².